The van der Waals surface area contributed by atoms with E-state index in [2.05, 4.69) is 27.1 Å². The predicted molar refractivity (Wildman–Crippen MR) is 67.8 cm³/mol. The van der Waals surface area contributed by atoms with Crippen LogP contribution in [0.5, 0.6) is 0 Å². The molecule has 0 atom stereocenters. The van der Waals surface area contributed by atoms with Gasteiger partial charge in [0, 0.05) is 17.0 Å². The fraction of sp³-hybridized carbons (Fsp3) is 0.538. The van der Waals surface area contributed by atoms with Crippen molar-refractivity contribution in [3.63, 3.8) is 0 Å². The van der Waals surface area contributed by atoms with Crippen molar-refractivity contribution in [3.05, 3.63) is 28.7 Å². The highest BCUT2D eigenvalue weighted by Crippen LogP contribution is 2.22. The van der Waals surface area contributed by atoms with Gasteiger partial charge in [0.05, 0.1) is 0 Å². The molecule has 3 N–H and O–H groups in total. The van der Waals surface area contributed by atoms with Crippen molar-refractivity contribution in [2.45, 2.75) is 44.9 Å². The number of H-pyrrole nitrogens is 1. The van der Waals surface area contributed by atoms with E-state index in [1.807, 2.05) is 0 Å². The molecule has 0 radical (unpaired) electrons. The van der Waals surface area contributed by atoms with Crippen LogP contribution in [0.1, 0.15) is 53.8 Å². The Balaban J connectivity index is 1.66. The second-order valence-electron chi connectivity index (χ2n) is 4.94. The van der Waals surface area contributed by atoms with Gasteiger partial charge in [0.25, 0.3) is 5.91 Å². The van der Waals surface area contributed by atoms with Gasteiger partial charge >= 0.3 is 0 Å². The molecule has 1 aromatic rings. The molecular formula is C13H18N4O. The molecule has 2 aliphatic carbocycles. The molecule has 0 aliphatic heterocycles. The summed E-state index contributed by atoms with van der Waals surface area (Å²) in [6.07, 6.45) is 9.68. The lowest BCUT2D eigenvalue weighted by molar-refractivity contribution is 0.0932. The van der Waals surface area contributed by atoms with Crippen molar-refractivity contribution in [2.24, 2.45) is 0 Å². The van der Waals surface area contributed by atoms with Crippen molar-refractivity contribution in [3.8, 4) is 0 Å². The molecule has 2 aliphatic rings. The summed E-state index contributed by atoms with van der Waals surface area (Å²) in [6, 6.07) is 0. The van der Waals surface area contributed by atoms with E-state index in [1.54, 1.807) is 0 Å². The third-order valence-electron chi connectivity index (χ3n) is 3.65. The fourth-order valence-electron chi connectivity index (χ4n) is 2.65. The van der Waals surface area contributed by atoms with E-state index in [0.717, 1.165) is 55.5 Å². The van der Waals surface area contributed by atoms with E-state index in [-0.39, 0.29) is 5.91 Å². The van der Waals surface area contributed by atoms with Crippen LogP contribution in [-0.2, 0) is 12.8 Å². The number of allylic oxidation sites excluding steroid dienone is 2. The highest BCUT2D eigenvalue weighted by molar-refractivity contribution is 5.93. The first-order valence-electron chi connectivity index (χ1n) is 6.66. The number of aromatic nitrogens is 2. The first-order valence-corrected chi connectivity index (χ1v) is 6.66. The van der Waals surface area contributed by atoms with Gasteiger partial charge in [-0.05, 0) is 44.9 Å². The van der Waals surface area contributed by atoms with Gasteiger partial charge in [-0.1, -0.05) is 6.08 Å². The molecule has 0 bridgehead atoms. The van der Waals surface area contributed by atoms with Crippen molar-refractivity contribution < 1.29 is 4.79 Å². The number of carbonyl (C=O) groups is 1. The molecule has 5 heteroatoms. The molecule has 0 fully saturated rings. The van der Waals surface area contributed by atoms with E-state index in [4.69, 9.17) is 0 Å². The van der Waals surface area contributed by atoms with Gasteiger partial charge in [-0.3, -0.25) is 15.3 Å². The SMILES string of the molecule is O=C(NNC1=CCCC1)c1n[nH]c2c1CCCC2. The number of amides is 1. The minimum Gasteiger partial charge on any atom is -0.303 e. The van der Waals surface area contributed by atoms with E-state index in [0.29, 0.717) is 5.69 Å². The highest BCUT2D eigenvalue weighted by atomic mass is 16.2. The summed E-state index contributed by atoms with van der Waals surface area (Å²) in [7, 11) is 0. The molecule has 1 heterocycles. The third kappa shape index (κ3) is 2.12. The van der Waals surface area contributed by atoms with Crippen LogP contribution in [-0.4, -0.2) is 16.1 Å². The Hall–Kier alpha value is -1.78. The molecule has 5 nitrogen and oxygen atoms in total. The van der Waals surface area contributed by atoms with E-state index >= 15 is 0 Å². The van der Waals surface area contributed by atoms with Crippen LogP contribution < -0.4 is 10.9 Å². The van der Waals surface area contributed by atoms with Gasteiger partial charge in [-0.2, -0.15) is 5.10 Å². The molecule has 96 valence electrons. The molecule has 18 heavy (non-hydrogen) atoms. The number of hydrogen-bond donors (Lipinski definition) is 3. The average molecular weight is 246 g/mol. The van der Waals surface area contributed by atoms with Crippen LogP contribution in [0.25, 0.3) is 0 Å². The van der Waals surface area contributed by atoms with E-state index < -0.39 is 0 Å². The number of rotatable bonds is 3. The van der Waals surface area contributed by atoms with Gasteiger partial charge in [0.2, 0.25) is 0 Å². The number of hydrazine groups is 1. The number of aromatic amines is 1. The van der Waals surface area contributed by atoms with Crippen LogP contribution in [0.3, 0.4) is 0 Å². The average Bonchev–Trinajstić information content (AvgIpc) is 3.05. The molecule has 0 aromatic carbocycles. The summed E-state index contributed by atoms with van der Waals surface area (Å²) in [4.78, 5) is 12.1. The van der Waals surface area contributed by atoms with Crippen LogP contribution >= 0.6 is 0 Å². The highest BCUT2D eigenvalue weighted by Gasteiger charge is 2.21. The monoisotopic (exact) mass is 246 g/mol. The Morgan fingerprint density at radius 2 is 2.11 bits per heavy atom. The summed E-state index contributed by atoms with van der Waals surface area (Å²) in [5.41, 5.74) is 9.61. The van der Waals surface area contributed by atoms with Gasteiger partial charge in [0.1, 0.15) is 0 Å². The molecule has 1 aromatic heterocycles. The summed E-state index contributed by atoms with van der Waals surface area (Å²) in [5, 5.41) is 7.13. The molecular weight excluding hydrogens is 228 g/mol. The molecule has 0 saturated carbocycles. The quantitative estimate of drug-likeness (QED) is 0.709. The van der Waals surface area contributed by atoms with Crippen molar-refractivity contribution in [1.29, 1.82) is 0 Å². The summed E-state index contributed by atoms with van der Waals surface area (Å²) in [6.45, 7) is 0. The Morgan fingerprint density at radius 3 is 2.94 bits per heavy atom. The lowest BCUT2D eigenvalue weighted by Crippen LogP contribution is -2.37. The van der Waals surface area contributed by atoms with Crippen molar-refractivity contribution in [1.82, 2.24) is 21.0 Å². The minimum absolute atomic E-state index is 0.137. The zero-order valence-electron chi connectivity index (χ0n) is 10.4. The number of aryl methyl sites for hydroxylation is 1. The number of nitrogens with zero attached hydrogens (tertiary/aromatic N) is 1. The zero-order valence-corrected chi connectivity index (χ0v) is 10.4. The molecule has 1 amide bonds. The lowest BCUT2D eigenvalue weighted by atomic mass is 9.96. The standard InChI is InChI=1S/C13H18N4O/c18-13(17-14-9-5-1-2-6-9)12-10-7-3-4-8-11(10)15-16-12/h5,14H,1-4,6-8H2,(H,15,16)(H,17,18). The zero-order chi connectivity index (χ0) is 12.4. The van der Waals surface area contributed by atoms with Gasteiger partial charge in [0.15, 0.2) is 5.69 Å². The molecule has 0 spiro atoms. The summed E-state index contributed by atoms with van der Waals surface area (Å²) in [5.74, 6) is -0.137. The minimum atomic E-state index is -0.137. The Kier molecular flexibility index (Phi) is 3.04. The molecule has 0 unspecified atom stereocenters. The summed E-state index contributed by atoms with van der Waals surface area (Å²) < 4.78 is 0. The van der Waals surface area contributed by atoms with E-state index in [1.165, 1.54) is 6.42 Å². The largest absolute Gasteiger partial charge is 0.303 e. The number of fused-ring (bicyclic) bond motifs is 1. The fourth-order valence-corrected chi connectivity index (χ4v) is 2.65. The third-order valence-corrected chi connectivity index (χ3v) is 3.65. The normalized spacial score (nSPS) is 18.1. The number of carbonyl (C=O) groups excluding carboxylic acids is 1. The van der Waals surface area contributed by atoms with Crippen LogP contribution in [0, 0.1) is 0 Å². The van der Waals surface area contributed by atoms with Crippen molar-refractivity contribution >= 4 is 5.91 Å². The van der Waals surface area contributed by atoms with Crippen LogP contribution in [0.2, 0.25) is 0 Å². The van der Waals surface area contributed by atoms with Crippen LogP contribution in [0.4, 0.5) is 0 Å². The Labute approximate surface area is 106 Å². The van der Waals surface area contributed by atoms with Crippen LogP contribution in [0.15, 0.2) is 11.8 Å². The first-order chi connectivity index (χ1) is 8.84. The maximum atomic E-state index is 12.1. The predicted octanol–water partition coefficient (Wildman–Crippen LogP) is 1.59. The maximum Gasteiger partial charge on any atom is 0.290 e. The maximum absolute atomic E-state index is 12.1. The van der Waals surface area contributed by atoms with Crippen molar-refractivity contribution in [2.75, 3.05) is 0 Å². The van der Waals surface area contributed by atoms with Gasteiger partial charge < -0.3 is 5.43 Å². The number of nitrogens with one attached hydrogen (secondary N) is 3. The Morgan fingerprint density at radius 1 is 1.22 bits per heavy atom. The number of hydrogen-bond acceptors (Lipinski definition) is 3. The first kappa shape index (κ1) is 11.3. The Bertz CT molecular complexity index is 489. The molecule has 0 saturated heterocycles. The van der Waals surface area contributed by atoms with E-state index in [9.17, 15) is 4.79 Å². The topological polar surface area (TPSA) is 69.8 Å². The molecule has 3 rings (SSSR count). The lowest BCUT2D eigenvalue weighted by Gasteiger charge is -2.12. The summed E-state index contributed by atoms with van der Waals surface area (Å²) >= 11 is 0. The van der Waals surface area contributed by atoms with Gasteiger partial charge in [-0.25, -0.2) is 0 Å². The second-order valence-corrected chi connectivity index (χ2v) is 4.94. The smallest absolute Gasteiger partial charge is 0.290 e. The second kappa shape index (κ2) is 4.84. The van der Waals surface area contributed by atoms with Gasteiger partial charge in [-0.15, -0.1) is 0 Å².